The molecule has 0 aromatic rings. The predicted molar refractivity (Wildman–Crippen MR) is 96.0 cm³/mol. The lowest BCUT2D eigenvalue weighted by Crippen LogP contribution is -2.34. The molecule has 0 saturated carbocycles. The Morgan fingerprint density at radius 1 is 1.46 bits per heavy atom. The largest absolute Gasteiger partial charge is 0.458 e. The number of carbonyl (C=O) groups is 2. The second-order valence-corrected chi connectivity index (χ2v) is 6.85. The molecule has 0 aromatic carbocycles. The van der Waals surface area contributed by atoms with Crippen LogP contribution in [0.4, 0.5) is 0 Å². The fraction of sp³-hybridized carbons (Fsp3) is 0.500. The maximum Gasteiger partial charge on any atom is 0.334 e. The standard InChI is InChI=1S/C20H26O6/c1-11-5-6-15(22)13(3)10-17-18(14(4)20(24)26-17)16(9-11)25-19(23)12(2)7-8-21/h5,7,10,15-18,21-22H,4,6,8-9H2,1-3H3/b11-5-,12-7+,13-10+/t15-,16+,17+,18+/m0/s1. The first-order chi connectivity index (χ1) is 12.2. The van der Waals surface area contributed by atoms with E-state index in [9.17, 15) is 14.7 Å². The number of rotatable bonds is 3. The molecule has 0 radical (unpaired) electrons. The monoisotopic (exact) mass is 362 g/mol. The van der Waals surface area contributed by atoms with E-state index in [4.69, 9.17) is 14.6 Å². The van der Waals surface area contributed by atoms with E-state index in [0.717, 1.165) is 5.57 Å². The van der Waals surface area contributed by atoms with Crippen LogP contribution in [0, 0.1) is 5.92 Å². The highest BCUT2D eigenvalue weighted by Gasteiger charge is 2.44. The van der Waals surface area contributed by atoms with Gasteiger partial charge in [-0.15, -0.1) is 0 Å². The molecule has 6 heteroatoms. The van der Waals surface area contributed by atoms with Crippen LogP contribution in [0.5, 0.6) is 0 Å². The van der Waals surface area contributed by atoms with Crippen LogP contribution in [-0.2, 0) is 19.1 Å². The van der Waals surface area contributed by atoms with E-state index in [0.29, 0.717) is 24.0 Å². The fourth-order valence-corrected chi connectivity index (χ4v) is 3.14. The Hall–Kier alpha value is -2.18. The highest BCUT2D eigenvalue weighted by molar-refractivity contribution is 5.92. The van der Waals surface area contributed by atoms with E-state index in [1.807, 2.05) is 13.0 Å². The molecule has 1 heterocycles. The summed E-state index contributed by atoms with van der Waals surface area (Å²) in [4.78, 5) is 24.4. The maximum atomic E-state index is 12.3. The van der Waals surface area contributed by atoms with Gasteiger partial charge >= 0.3 is 11.9 Å². The van der Waals surface area contributed by atoms with Crippen molar-refractivity contribution in [2.45, 2.75) is 51.9 Å². The van der Waals surface area contributed by atoms with Gasteiger partial charge in [0.05, 0.1) is 18.6 Å². The molecule has 6 nitrogen and oxygen atoms in total. The molecule has 142 valence electrons. The van der Waals surface area contributed by atoms with Crippen LogP contribution in [0.2, 0.25) is 0 Å². The fourth-order valence-electron chi connectivity index (χ4n) is 3.14. The maximum absolute atomic E-state index is 12.3. The molecule has 0 amide bonds. The van der Waals surface area contributed by atoms with Gasteiger partial charge in [-0.3, -0.25) is 0 Å². The smallest absolute Gasteiger partial charge is 0.334 e. The summed E-state index contributed by atoms with van der Waals surface area (Å²) in [5, 5.41) is 19.2. The van der Waals surface area contributed by atoms with Crippen molar-refractivity contribution in [2.75, 3.05) is 6.61 Å². The van der Waals surface area contributed by atoms with Crippen LogP contribution in [0.25, 0.3) is 0 Å². The van der Waals surface area contributed by atoms with Gasteiger partial charge in [-0.25, -0.2) is 9.59 Å². The van der Waals surface area contributed by atoms with Gasteiger partial charge in [0, 0.05) is 17.6 Å². The van der Waals surface area contributed by atoms with Gasteiger partial charge in [0.15, 0.2) is 0 Å². The molecule has 4 atom stereocenters. The number of hydrogen-bond donors (Lipinski definition) is 2. The summed E-state index contributed by atoms with van der Waals surface area (Å²) >= 11 is 0. The van der Waals surface area contributed by atoms with Crippen LogP contribution >= 0.6 is 0 Å². The molecule has 2 aliphatic rings. The molecular formula is C20H26O6. The van der Waals surface area contributed by atoms with E-state index in [2.05, 4.69) is 6.58 Å². The number of aliphatic hydroxyl groups is 2. The number of fused-ring (bicyclic) bond motifs is 1. The molecule has 0 bridgehead atoms. The molecule has 2 N–H and O–H groups in total. The summed E-state index contributed by atoms with van der Waals surface area (Å²) in [5.74, 6) is -1.61. The quantitative estimate of drug-likeness (QED) is 0.453. The molecule has 1 saturated heterocycles. The Balaban J connectivity index is 2.39. The summed E-state index contributed by atoms with van der Waals surface area (Å²) < 4.78 is 11.1. The Morgan fingerprint density at radius 3 is 2.81 bits per heavy atom. The predicted octanol–water partition coefficient (Wildman–Crippen LogP) is 1.98. The number of hydrogen-bond acceptors (Lipinski definition) is 6. The second-order valence-electron chi connectivity index (χ2n) is 6.85. The summed E-state index contributed by atoms with van der Waals surface area (Å²) in [5.41, 5.74) is 2.17. The average Bonchev–Trinajstić information content (AvgIpc) is 2.85. The zero-order chi connectivity index (χ0) is 19.4. The van der Waals surface area contributed by atoms with E-state index < -0.39 is 36.2 Å². The molecule has 0 aromatic heterocycles. The Labute approximate surface area is 153 Å². The number of esters is 2. The molecule has 1 aliphatic carbocycles. The Kier molecular flexibility index (Phi) is 6.56. The minimum Gasteiger partial charge on any atom is -0.458 e. The van der Waals surface area contributed by atoms with E-state index >= 15 is 0 Å². The lowest BCUT2D eigenvalue weighted by atomic mass is 9.85. The molecule has 26 heavy (non-hydrogen) atoms. The zero-order valence-corrected chi connectivity index (χ0v) is 15.4. The van der Waals surface area contributed by atoms with E-state index in [1.54, 1.807) is 19.9 Å². The van der Waals surface area contributed by atoms with Gasteiger partial charge in [-0.2, -0.15) is 0 Å². The summed E-state index contributed by atoms with van der Waals surface area (Å²) in [6.07, 6.45) is 3.87. The highest BCUT2D eigenvalue weighted by atomic mass is 16.6. The first-order valence-corrected chi connectivity index (χ1v) is 8.65. The minimum absolute atomic E-state index is 0.253. The number of carbonyl (C=O) groups excluding carboxylic acids is 2. The second kappa shape index (κ2) is 8.47. The molecule has 1 fully saturated rings. The third kappa shape index (κ3) is 4.51. The molecular weight excluding hydrogens is 336 g/mol. The van der Waals surface area contributed by atoms with Gasteiger partial charge in [-0.1, -0.05) is 18.2 Å². The highest BCUT2D eigenvalue weighted by Crippen LogP contribution is 2.36. The zero-order valence-electron chi connectivity index (χ0n) is 15.4. The van der Waals surface area contributed by atoms with Crippen molar-refractivity contribution < 1.29 is 29.3 Å². The average molecular weight is 362 g/mol. The van der Waals surface area contributed by atoms with Crippen LogP contribution in [0.15, 0.2) is 47.1 Å². The van der Waals surface area contributed by atoms with Gasteiger partial charge in [0.2, 0.25) is 0 Å². The molecule has 0 spiro atoms. The summed E-state index contributed by atoms with van der Waals surface area (Å²) in [6.45, 7) is 8.79. The molecule has 2 rings (SSSR count). The third-order valence-corrected chi connectivity index (χ3v) is 4.81. The van der Waals surface area contributed by atoms with Crippen molar-refractivity contribution in [3.8, 4) is 0 Å². The van der Waals surface area contributed by atoms with Gasteiger partial charge < -0.3 is 19.7 Å². The van der Waals surface area contributed by atoms with Crippen molar-refractivity contribution in [3.05, 3.63) is 47.1 Å². The Bertz CT molecular complexity index is 684. The van der Waals surface area contributed by atoms with Crippen LogP contribution in [0.1, 0.15) is 33.6 Å². The lowest BCUT2D eigenvalue weighted by Gasteiger charge is -2.28. The molecule has 1 aliphatic heterocycles. The number of aliphatic hydroxyl groups excluding tert-OH is 2. The van der Waals surface area contributed by atoms with E-state index in [-0.39, 0.29) is 12.2 Å². The molecule has 0 unspecified atom stereocenters. The SMILES string of the molecule is C=C1C(=O)O[C@@H]2/C=C(\C)[C@@H](O)C/C=C(/C)C[C@@H](OC(=O)/C(C)=C/CO)[C@@H]12. The van der Waals surface area contributed by atoms with E-state index in [1.165, 1.54) is 6.08 Å². The minimum atomic E-state index is -0.660. The van der Waals surface area contributed by atoms with Crippen LogP contribution in [-0.4, -0.2) is 47.1 Å². The third-order valence-electron chi connectivity index (χ3n) is 4.81. The first kappa shape index (κ1) is 20.1. The topological polar surface area (TPSA) is 93.1 Å². The number of ether oxygens (including phenoxy) is 2. The first-order valence-electron chi connectivity index (χ1n) is 8.65. The van der Waals surface area contributed by atoms with Crippen molar-refractivity contribution in [2.24, 2.45) is 5.92 Å². The van der Waals surface area contributed by atoms with Crippen LogP contribution in [0.3, 0.4) is 0 Å². The van der Waals surface area contributed by atoms with Crippen LogP contribution < -0.4 is 0 Å². The van der Waals surface area contributed by atoms with Crippen molar-refractivity contribution in [1.29, 1.82) is 0 Å². The summed E-state index contributed by atoms with van der Waals surface area (Å²) in [6, 6.07) is 0. The van der Waals surface area contributed by atoms with Gasteiger partial charge in [0.25, 0.3) is 0 Å². The Morgan fingerprint density at radius 2 is 2.15 bits per heavy atom. The normalized spacial score (nSPS) is 34.1. The van der Waals surface area contributed by atoms with Crippen molar-refractivity contribution in [3.63, 3.8) is 0 Å². The van der Waals surface area contributed by atoms with Crippen molar-refractivity contribution in [1.82, 2.24) is 0 Å². The van der Waals surface area contributed by atoms with Gasteiger partial charge in [-0.05, 0) is 44.9 Å². The summed E-state index contributed by atoms with van der Waals surface area (Å²) in [7, 11) is 0. The lowest BCUT2D eigenvalue weighted by molar-refractivity contribution is -0.147. The van der Waals surface area contributed by atoms with Crippen molar-refractivity contribution >= 4 is 11.9 Å². The van der Waals surface area contributed by atoms with Gasteiger partial charge in [0.1, 0.15) is 12.2 Å².